The van der Waals surface area contributed by atoms with Crippen LogP contribution in [0.3, 0.4) is 0 Å². The average molecular weight is 283 g/mol. The fourth-order valence-electron chi connectivity index (χ4n) is 2.48. The van der Waals surface area contributed by atoms with Gasteiger partial charge in [-0.2, -0.15) is 13.2 Å². The van der Waals surface area contributed by atoms with Gasteiger partial charge in [0.25, 0.3) is 0 Å². The lowest BCUT2D eigenvalue weighted by Gasteiger charge is -2.20. The Morgan fingerprint density at radius 3 is 2.70 bits per heavy atom. The van der Waals surface area contributed by atoms with E-state index in [9.17, 15) is 18.3 Å². The topological polar surface area (TPSA) is 50.9 Å². The third-order valence-corrected chi connectivity index (χ3v) is 3.41. The highest BCUT2D eigenvalue weighted by Gasteiger charge is 2.35. The molecule has 1 aliphatic heterocycles. The molecule has 0 saturated heterocycles. The number of halogens is 3. The first-order chi connectivity index (χ1) is 9.48. The van der Waals surface area contributed by atoms with Crippen LogP contribution in [0.5, 0.6) is 0 Å². The normalized spacial score (nSPS) is 18.9. The summed E-state index contributed by atoms with van der Waals surface area (Å²) >= 11 is 0. The summed E-state index contributed by atoms with van der Waals surface area (Å²) in [5.41, 5.74) is -0.747. The summed E-state index contributed by atoms with van der Waals surface area (Å²) in [5, 5.41) is 17.5. The number of aromatic nitrogens is 3. The molecule has 1 N–H and O–H groups in total. The molecule has 0 radical (unpaired) electrons. The zero-order valence-corrected chi connectivity index (χ0v) is 10.4. The largest absolute Gasteiger partial charge is 0.417 e. The van der Waals surface area contributed by atoms with Gasteiger partial charge in [0.05, 0.1) is 5.56 Å². The Bertz CT molecular complexity index is 636. The highest BCUT2D eigenvalue weighted by atomic mass is 19.4. The molecule has 1 atom stereocenters. The molecule has 1 unspecified atom stereocenters. The minimum absolute atomic E-state index is 0.00662. The molecular weight excluding hydrogens is 271 g/mol. The van der Waals surface area contributed by atoms with Crippen molar-refractivity contribution in [2.24, 2.45) is 0 Å². The minimum atomic E-state index is -4.45. The molecule has 2 aromatic rings. The molecule has 3 rings (SSSR count). The van der Waals surface area contributed by atoms with Crippen LogP contribution in [0, 0.1) is 0 Å². The van der Waals surface area contributed by atoms with Gasteiger partial charge in [0, 0.05) is 12.1 Å². The number of fused-ring (bicyclic) bond motifs is 1. The Hall–Kier alpha value is -1.89. The van der Waals surface area contributed by atoms with Crippen LogP contribution in [0.25, 0.3) is 11.4 Å². The molecule has 2 heterocycles. The molecule has 0 saturated carbocycles. The zero-order valence-electron chi connectivity index (χ0n) is 10.4. The van der Waals surface area contributed by atoms with Gasteiger partial charge in [-0.3, -0.25) is 0 Å². The highest BCUT2D eigenvalue weighted by Crippen LogP contribution is 2.37. The first-order valence-electron chi connectivity index (χ1n) is 6.26. The van der Waals surface area contributed by atoms with Crippen LogP contribution < -0.4 is 0 Å². The van der Waals surface area contributed by atoms with Crippen LogP contribution in [0.2, 0.25) is 0 Å². The van der Waals surface area contributed by atoms with E-state index in [-0.39, 0.29) is 11.4 Å². The van der Waals surface area contributed by atoms with Crippen molar-refractivity contribution >= 4 is 0 Å². The summed E-state index contributed by atoms with van der Waals surface area (Å²) in [7, 11) is 0. The minimum Gasteiger partial charge on any atom is -0.385 e. The van der Waals surface area contributed by atoms with Crippen molar-refractivity contribution in [1.29, 1.82) is 0 Å². The number of rotatable bonds is 1. The third-order valence-electron chi connectivity index (χ3n) is 3.41. The first-order valence-corrected chi connectivity index (χ1v) is 6.26. The molecule has 1 aromatic heterocycles. The Labute approximate surface area is 112 Å². The van der Waals surface area contributed by atoms with Gasteiger partial charge in [0.2, 0.25) is 0 Å². The number of nitrogens with zero attached hydrogens (tertiary/aromatic N) is 3. The smallest absolute Gasteiger partial charge is 0.385 e. The van der Waals surface area contributed by atoms with Crippen LogP contribution in [0.15, 0.2) is 24.3 Å². The number of alkyl halides is 3. The molecule has 0 bridgehead atoms. The fraction of sp³-hybridized carbons (Fsp3) is 0.385. The molecule has 0 amide bonds. The van der Waals surface area contributed by atoms with E-state index in [2.05, 4.69) is 10.2 Å². The summed E-state index contributed by atoms with van der Waals surface area (Å²) in [4.78, 5) is 0. The molecule has 4 nitrogen and oxygen atoms in total. The van der Waals surface area contributed by atoms with E-state index in [1.165, 1.54) is 18.2 Å². The van der Waals surface area contributed by atoms with Crippen LogP contribution in [-0.2, 0) is 12.7 Å². The Kier molecular flexibility index (Phi) is 3.01. The van der Waals surface area contributed by atoms with Crippen molar-refractivity contribution in [3.8, 4) is 11.4 Å². The maximum atomic E-state index is 13.0. The lowest BCUT2D eigenvalue weighted by atomic mass is 10.1. The van der Waals surface area contributed by atoms with Crippen LogP contribution in [-0.4, -0.2) is 19.9 Å². The van der Waals surface area contributed by atoms with E-state index < -0.39 is 17.8 Å². The number of hydrogen-bond donors (Lipinski definition) is 1. The van der Waals surface area contributed by atoms with Crippen molar-refractivity contribution < 1.29 is 18.3 Å². The maximum absolute atomic E-state index is 13.0. The summed E-state index contributed by atoms with van der Waals surface area (Å²) in [6.07, 6.45) is -3.97. The zero-order chi connectivity index (χ0) is 14.3. The molecule has 7 heteroatoms. The lowest BCUT2D eigenvalue weighted by molar-refractivity contribution is -0.137. The first kappa shape index (κ1) is 13.1. The molecule has 20 heavy (non-hydrogen) atoms. The average Bonchev–Trinajstić information content (AvgIpc) is 2.83. The van der Waals surface area contributed by atoms with E-state index >= 15 is 0 Å². The Balaban J connectivity index is 2.16. The number of aliphatic hydroxyl groups is 1. The summed E-state index contributed by atoms with van der Waals surface area (Å²) in [6.45, 7) is 0.515. The Morgan fingerprint density at radius 2 is 1.95 bits per heavy atom. The standard InChI is InChI=1S/C13H12F3N3O/c14-13(15,16)9-5-2-1-4-8(9)11-17-18-12-10(20)6-3-7-19(11)12/h1-2,4-5,10,20H,3,6-7H2. The van der Waals surface area contributed by atoms with Gasteiger partial charge in [-0.1, -0.05) is 18.2 Å². The van der Waals surface area contributed by atoms with Gasteiger partial charge >= 0.3 is 6.18 Å². The molecule has 106 valence electrons. The van der Waals surface area contributed by atoms with Crippen molar-refractivity contribution in [2.75, 3.05) is 0 Å². The molecule has 0 spiro atoms. The maximum Gasteiger partial charge on any atom is 0.417 e. The van der Waals surface area contributed by atoms with Gasteiger partial charge in [-0.05, 0) is 18.9 Å². The molecule has 0 aliphatic carbocycles. The van der Waals surface area contributed by atoms with Crippen LogP contribution >= 0.6 is 0 Å². The third kappa shape index (κ3) is 2.07. The van der Waals surface area contributed by atoms with Gasteiger partial charge in [-0.15, -0.1) is 10.2 Å². The summed E-state index contributed by atoms with van der Waals surface area (Å²) in [6, 6.07) is 5.28. The number of benzene rings is 1. The van der Waals surface area contributed by atoms with E-state index in [0.717, 1.165) is 6.07 Å². The second-order valence-corrected chi connectivity index (χ2v) is 4.73. The molecule has 0 fully saturated rings. The molecular formula is C13H12F3N3O. The van der Waals surface area contributed by atoms with E-state index in [4.69, 9.17) is 0 Å². The SMILES string of the molecule is OC1CCCn2c(-c3ccccc3C(F)(F)F)nnc21. The van der Waals surface area contributed by atoms with Crippen molar-refractivity contribution in [2.45, 2.75) is 31.7 Å². The van der Waals surface area contributed by atoms with Crippen LogP contribution in [0.1, 0.15) is 30.3 Å². The summed E-state index contributed by atoms with van der Waals surface area (Å²) < 4.78 is 40.7. The van der Waals surface area contributed by atoms with Gasteiger partial charge < -0.3 is 9.67 Å². The van der Waals surface area contributed by atoms with Crippen molar-refractivity contribution in [3.05, 3.63) is 35.7 Å². The monoisotopic (exact) mass is 283 g/mol. The van der Waals surface area contributed by atoms with Gasteiger partial charge in [-0.25, -0.2) is 0 Å². The highest BCUT2D eigenvalue weighted by molar-refractivity contribution is 5.61. The molecule has 1 aliphatic rings. The lowest BCUT2D eigenvalue weighted by Crippen LogP contribution is -2.17. The number of hydrogen-bond acceptors (Lipinski definition) is 3. The predicted octanol–water partition coefficient (Wildman–Crippen LogP) is 2.79. The van der Waals surface area contributed by atoms with Gasteiger partial charge in [0.15, 0.2) is 11.6 Å². The van der Waals surface area contributed by atoms with Crippen LogP contribution in [0.4, 0.5) is 13.2 Å². The fourth-order valence-corrected chi connectivity index (χ4v) is 2.48. The predicted molar refractivity (Wildman–Crippen MR) is 64.7 cm³/mol. The van der Waals surface area contributed by atoms with E-state index in [1.54, 1.807) is 4.57 Å². The number of aliphatic hydroxyl groups excluding tert-OH is 1. The Morgan fingerprint density at radius 1 is 1.20 bits per heavy atom. The molecule has 1 aromatic carbocycles. The second-order valence-electron chi connectivity index (χ2n) is 4.73. The summed E-state index contributed by atoms with van der Waals surface area (Å²) in [5.74, 6) is 0.495. The van der Waals surface area contributed by atoms with E-state index in [1.807, 2.05) is 0 Å². The quantitative estimate of drug-likeness (QED) is 0.875. The second kappa shape index (κ2) is 4.59. The van der Waals surface area contributed by atoms with Crippen molar-refractivity contribution in [1.82, 2.24) is 14.8 Å². The van der Waals surface area contributed by atoms with Crippen molar-refractivity contribution in [3.63, 3.8) is 0 Å². The van der Waals surface area contributed by atoms with Gasteiger partial charge in [0.1, 0.15) is 6.10 Å². The van der Waals surface area contributed by atoms with E-state index in [0.29, 0.717) is 25.2 Å².